The highest BCUT2D eigenvalue weighted by Crippen LogP contribution is 2.33. The van der Waals surface area contributed by atoms with Gasteiger partial charge in [0.05, 0.1) is 24.6 Å². The Morgan fingerprint density at radius 1 is 1.00 bits per heavy atom. The quantitative estimate of drug-likeness (QED) is 0.425. The second-order valence-electron chi connectivity index (χ2n) is 7.68. The molecule has 5 rings (SSSR count). The summed E-state index contributed by atoms with van der Waals surface area (Å²) in [7, 11) is 1.63. The highest BCUT2D eigenvalue weighted by molar-refractivity contribution is 6.03. The molecular weight excluding hydrogens is 432 g/mol. The van der Waals surface area contributed by atoms with Gasteiger partial charge in [-0.3, -0.25) is 4.79 Å². The van der Waals surface area contributed by atoms with E-state index in [4.69, 9.17) is 9.47 Å². The van der Waals surface area contributed by atoms with E-state index in [-0.39, 0.29) is 18.6 Å². The molecule has 1 amide bonds. The number of nitrogens with zero attached hydrogens (tertiary/aromatic N) is 6. The summed E-state index contributed by atoms with van der Waals surface area (Å²) in [6.07, 6.45) is 2.10. The van der Waals surface area contributed by atoms with Crippen LogP contribution in [0.15, 0.2) is 90.3 Å². The number of tetrazole rings is 1. The van der Waals surface area contributed by atoms with Gasteiger partial charge in [0.25, 0.3) is 5.91 Å². The first kappa shape index (κ1) is 21.3. The third kappa shape index (κ3) is 4.49. The van der Waals surface area contributed by atoms with Gasteiger partial charge in [-0.25, -0.2) is 9.69 Å². The zero-order chi connectivity index (χ0) is 23.3. The molecule has 0 saturated carbocycles. The molecule has 0 aliphatic carbocycles. The van der Waals surface area contributed by atoms with E-state index in [2.05, 4.69) is 20.6 Å². The maximum Gasteiger partial charge on any atom is 0.281 e. The van der Waals surface area contributed by atoms with Gasteiger partial charge in [-0.15, -0.1) is 5.10 Å². The molecule has 1 aliphatic rings. The Morgan fingerprint density at radius 3 is 2.56 bits per heavy atom. The van der Waals surface area contributed by atoms with Crippen molar-refractivity contribution >= 4 is 11.6 Å². The lowest BCUT2D eigenvalue weighted by Crippen LogP contribution is -2.31. The van der Waals surface area contributed by atoms with Crippen LogP contribution in [-0.4, -0.2) is 50.6 Å². The fourth-order valence-electron chi connectivity index (χ4n) is 3.84. The molecule has 1 unspecified atom stereocenters. The van der Waals surface area contributed by atoms with E-state index in [1.165, 1.54) is 16.0 Å². The maximum atomic E-state index is 13.2. The van der Waals surface area contributed by atoms with E-state index in [9.17, 15) is 4.79 Å². The molecule has 0 bridgehead atoms. The minimum absolute atomic E-state index is 0.155. The summed E-state index contributed by atoms with van der Waals surface area (Å²) < 4.78 is 12.6. The van der Waals surface area contributed by atoms with Gasteiger partial charge in [0.1, 0.15) is 17.8 Å². The van der Waals surface area contributed by atoms with Crippen LogP contribution in [0.2, 0.25) is 0 Å². The first-order chi connectivity index (χ1) is 16.7. The first-order valence-electron chi connectivity index (χ1n) is 10.8. The minimum atomic E-state index is -0.237. The highest BCUT2D eigenvalue weighted by Gasteiger charge is 2.33. The topological polar surface area (TPSA) is 94.7 Å². The van der Waals surface area contributed by atoms with Crippen LogP contribution in [0, 0.1) is 0 Å². The van der Waals surface area contributed by atoms with Crippen molar-refractivity contribution in [2.24, 2.45) is 5.10 Å². The number of carbonyl (C=O) groups excluding carboxylic acids is 1. The molecule has 4 aromatic rings. The van der Waals surface area contributed by atoms with Crippen molar-refractivity contribution in [1.82, 2.24) is 25.2 Å². The summed E-state index contributed by atoms with van der Waals surface area (Å²) in [4.78, 5) is 13.2. The number of hydrogen-bond acceptors (Lipinski definition) is 7. The van der Waals surface area contributed by atoms with Gasteiger partial charge in [-0.2, -0.15) is 5.10 Å². The lowest BCUT2D eigenvalue weighted by atomic mass is 9.98. The molecule has 34 heavy (non-hydrogen) atoms. The molecule has 9 nitrogen and oxygen atoms in total. The zero-order valence-electron chi connectivity index (χ0n) is 18.5. The predicted molar refractivity (Wildman–Crippen MR) is 125 cm³/mol. The Labute approximate surface area is 196 Å². The summed E-state index contributed by atoms with van der Waals surface area (Å²) in [6, 6.07) is 24.6. The zero-order valence-corrected chi connectivity index (χ0v) is 18.5. The van der Waals surface area contributed by atoms with Gasteiger partial charge < -0.3 is 9.47 Å². The van der Waals surface area contributed by atoms with E-state index in [0.717, 1.165) is 28.3 Å². The summed E-state index contributed by atoms with van der Waals surface area (Å²) >= 11 is 0. The molecule has 0 fully saturated rings. The Kier molecular flexibility index (Phi) is 5.98. The smallest absolute Gasteiger partial charge is 0.281 e. The number of rotatable bonds is 7. The Hall–Kier alpha value is -4.53. The van der Waals surface area contributed by atoms with Gasteiger partial charge in [0.2, 0.25) is 0 Å². The summed E-state index contributed by atoms with van der Waals surface area (Å²) in [5.41, 5.74) is 3.56. The number of carbonyl (C=O) groups is 1. The highest BCUT2D eigenvalue weighted by atomic mass is 16.5. The average Bonchev–Trinajstić information content (AvgIpc) is 3.59. The van der Waals surface area contributed by atoms with Crippen molar-refractivity contribution < 1.29 is 14.3 Å². The number of hydrazone groups is 1. The van der Waals surface area contributed by atoms with Gasteiger partial charge in [0.15, 0.2) is 6.61 Å². The van der Waals surface area contributed by atoms with Crippen molar-refractivity contribution in [3.05, 3.63) is 96.3 Å². The summed E-state index contributed by atoms with van der Waals surface area (Å²) in [6.45, 7) is -0.155. The Morgan fingerprint density at radius 2 is 1.82 bits per heavy atom. The second-order valence-corrected chi connectivity index (χ2v) is 7.68. The molecule has 0 saturated heterocycles. The van der Waals surface area contributed by atoms with Gasteiger partial charge in [-0.1, -0.05) is 48.5 Å². The molecule has 0 radical (unpaired) electrons. The van der Waals surface area contributed by atoms with Crippen LogP contribution in [0.5, 0.6) is 11.5 Å². The van der Waals surface area contributed by atoms with E-state index >= 15 is 0 Å². The molecule has 1 aromatic heterocycles. The van der Waals surface area contributed by atoms with Crippen LogP contribution >= 0.6 is 0 Å². The number of benzene rings is 3. The van der Waals surface area contributed by atoms with Crippen molar-refractivity contribution in [1.29, 1.82) is 0 Å². The molecule has 0 N–H and O–H groups in total. The van der Waals surface area contributed by atoms with Crippen molar-refractivity contribution in [2.45, 2.75) is 12.5 Å². The normalized spacial score (nSPS) is 15.1. The van der Waals surface area contributed by atoms with E-state index in [1.54, 1.807) is 19.2 Å². The van der Waals surface area contributed by atoms with Crippen LogP contribution in [0.25, 0.3) is 5.69 Å². The van der Waals surface area contributed by atoms with E-state index in [1.807, 2.05) is 66.7 Å². The number of amides is 1. The van der Waals surface area contributed by atoms with Crippen LogP contribution < -0.4 is 9.47 Å². The lowest BCUT2D eigenvalue weighted by Gasteiger charge is -2.22. The van der Waals surface area contributed by atoms with Gasteiger partial charge in [-0.05, 0) is 45.8 Å². The maximum absolute atomic E-state index is 13.2. The molecule has 0 spiro atoms. The van der Waals surface area contributed by atoms with Crippen LogP contribution in [-0.2, 0) is 4.79 Å². The molecular formula is C25H22N6O3. The van der Waals surface area contributed by atoms with Gasteiger partial charge >= 0.3 is 0 Å². The van der Waals surface area contributed by atoms with Gasteiger partial charge in [0, 0.05) is 12.5 Å². The van der Waals surface area contributed by atoms with Crippen molar-refractivity contribution in [2.75, 3.05) is 13.7 Å². The predicted octanol–water partition coefficient (Wildman–Crippen LogP) is 3.43. The van der Waals surface area contributed by atoms with Crippen molar-refractivity contribution in [3.8, 4) is 17.2 Å². The Balaban J connectivity index is 1.36. The standard InChI is InChI=1S/C25H22N6O3/c1-33-21-12-10-19(11-13-21)24-15-23(18-6-3-2-4-7-18)27-31(24)25(32)16-34-22-9-5-8-20(14-22)30-17-26-28-29-30/h2-14,17,24H,15-16H2,1H3. The minimum Gasteiger partial charge on any atom is -0.497 e. The molecule has 3 aromatic carbocycles. The molecule has 170 valence electrons. The van der Waals surface area contributed by atoms with Crippen LogP contribution in [0.4, 0.5) is 0 Å². The molecule has 1 aliphatic heterocycles. The summed E-state index contributed by atoms with van der Waals surface area (Å²) in [5.74, 6) is 1.06. The first-order valence-corrected chi connectivity index (χ1v) is 10.8. The van der Waals surface area contributed by atoms with E-state index < -0.39 is 0 Å². The number of ether oxygens (including phenoxy) is 2. The molecule has 2 heterocycles. The Bertz CT molecular complexity index is 1290. The lowest BCUT2D eigenvalue weighted by molar-refractivity contribution is -0.135. The van der Waals surface area contributed by atoms with Crippen LogP contribution in [0.1, 0.15) is 23.6 Å². The van der Waals surface area contributed by atoms with Crippen LogP contribution in [0.3, 0.4) is 0 Å². The second kappa shape index (κ2) is 9.53. The number of hydrogen-bond donors (Lipinski definition) is 0. The SMILES string of the molecule is COc1ccc(C2CC(c3ccccc3)=NN2C(=O)COc2cccc(-n3cnnn3)c2)cc1. The molecule has 1 atom stereocenters. The third-order valence-corrected chi connectivity index (χ3v) is 5.57. The number of aromatic nitrogens is 4. The number of methoxy groups -OCH3 is 1. The largest absolute Gasteiger partial charge is 0.497 e. The monoisotopic (exact) mass is 454 g/mol. The van der Waals surface area contributed by atoms with E-state index in [0.29, 0.717) is 12.2 Å². The average molecular weight is 454 g/mol. The fourth-order valence-corrected chi connectivity index (χ4v) is 3.84. The van der Waals surface area contributed by atoms with Crippen molar-refractivity contribution in [3.63, 3.8) is 0 Å². The fraction of sp³-hybridized carbons (Fsp3) is 0.160. The molecule has 9 heteroatoms. The third-order valence-electron chi connectivity index (χ3n) is 5.57. The summed E-state index contributed by atoms with van der Waals surface area (Å²) in [5, 5.41) is 17.4.